The number of esters is 1. The first-order chi connectivity index (χ1) is 11.1. The van der Waals surface area contributed by atoms with E-state index in [1.54, 1.807) is 30.3 Å². The summed E-state index contributed by atoms with van der Waals surface area (Å²) in [5.74, 6) is 1.70. The Balaban J connectivity index is 2.07. The van der Waals surface area contributed by atoms with Crippen molar-refractivity contribution in [2.24, 2.45) is 0 Å². The third kappa shape index (κ3) is 2.96. The number of nitrogens with zero attached hydrogens (tertiary/aromatic N) is 1. The molecule has 0 spiro atoms. The standard InChI is InChI=1S/C17H10BrFN2O2/c1-2-7-23-17(22)10-8-12(18)15-14(9-10)20-16(21-15)11-5-3-4-6-13(11)19/h1,3-6,8-9H,7H2,(H,20,21). The first kappa shape index (κ1) is 15.3. The molecule has 2 aromatic carbocycles. The third-order valence-electron chi connectivity index (χ3n) is 3.19. The predicted molar refractivity (Wildman–Crippen MR) is 88.3 cm³/mol. The maximum atomic E-state index is 13.9. The van der Waals surface area contributed by atoms with Crippen LogP contribution < -0.4 is 0 Å². The minimum absolute atomic E-state index is 0.0993. The van der Waals surface area contributed by atoms with Crippen LogP contribution in [0, 0.1) is 18.2 Å². The van der Waals surface area contributed by atoms with Gasteiger partial charge in [0.25, 0.3) is 0 Å². The smallest absolute Gasteiger partial charge is 0.339 e. The zero-order chi connectivity index (χ0) is 16.4. The molecule has 4 nitrogen and oxygen atoms in total. The van der Waals surface area contributed by atoms with Crippen molar-refractivity contribution in [3.8, 4) is 23.7 Å². The van der Waals surface area contributed by atoms with Gasteiger partial charge in [-0.1, -0.05) is 18.1 Å². The largest absolute Gasteiger partial charge is 0.449 e. The number of ether oxygens (including phenoxy) is 1. The molecule has 0 aliphatic heterocycles. The van der Waals surface area contributed by atoms with Gasteiger partial charge in [0.15, 0.2) is 6.61 Å². The fraction of sp³-hybridized carbons (Fsp3) is 0.0588. The molecular weight excluding hydrogens is 363 g/mol. The number of fused-ring (bicyclic) bond motifs is 1. The normalized spacial score (nSPS) is 10.5. The highest BCUT2D eigenvalue weighted by atomic mass is 79.9. The van der Waals surface area contributed by atoms with Gasteiger partial charge in [-0.25, -0.2) is 14.2 Å². The third-order valence-corrected chi connectivity index (χ3v) is 3.80. The fourth-order valence-electron chi connectivity index (χ4n) is 2.16. The zero-order valence-corrected chi connectivity index (χ0v) is 13.4. The van der Waals surface area contributed by atoms with Gasteiger partial charge in [-0.2, -0.15) is 0 Å². The van der Waals surface area contributed by atoms with Crippen LogP contribution in [0.4, 0.5) is 4.39 Å². The van der Waals surface area contributed by atoms with Gasteiger partial charge in [0.05, 0.1) is 16.6 Å². The summed E-state index contributed by atoms with van der Waals surface area (Å²) in [5.41, 5.74) is 1.86. The predicted octanol–water partition coefficient (Wildman–Crippen LogP) is 3.92. The van der Waals surface area contributed by atoms with Gasteiger partial charge >= 0.3 is 5.97 Å². The molecule has 0 bridgehead atoms. The summed E-state index contributed by atoms with van der Waals surface area (Å²) in [7, 11) is 0. The molecule has 1 N–H and O–H groups in total. The number of H-pyrrole nitrogens is 1. The molecule has 1 aromatic heterocycles. The lowest BCUT2D eigenvalue weighted by Crippen LogP contribution is -2.05. The number of carbonyl (C=O) groups is 1. The molecule has 0 aliphatic rings. The van der Waals surface area contributed by atoms with Crippen LogP contribution in [0.3, 0.4) is 0 Å². The number of imidazole rings is 1. The molecule has 0 fully saturated rings. The number of halogens is 2. The Kier molecular flexibility index (Phi) is 4.13. The Morgan fingerprint density at radius 2 is 2.17 bits per heavy atom. The number of rotatable bonds is 3. The van der Waals surface area contributed by atoms with Crippen molar-refractivity contribution in [2.45, 2.75) is 0 Å². The highest BCUT2D eigenvalue weighted by Gasteiger charge is 2.15. The molecule has 1 heterocycles. The van der Waals surface area contributed by atoms with E-state index in [1.807, 2.05) is 0 Å². The lowest BCUT2D eigenvalue weighted by atomic mass is 10.2. The average Bonchev–Trinajstić information content (AvgIpc) is 2.97. The van der Waals surface area contributed by atoms with E-state index in [0.717, 1.165) is 0 Å². The summed E-state index contributed by atoms with van der Waals surface area (Å²) in [5, 5.41) is 0. The van der Waals surface area contributed by atoms with E-state index in [9.17, 15) is 9.18 Å². The number of terminal acetylenes is 1. The molecule has 6 heteroatoms. The second-order valence-electron chi connectivity index (χ2n) is 4.70. The van der Waals surface area contributed by atoms with E-state index < -0.39 is 5.97 Å². The Hall–Kier alpha value is -2.65. The summed E-state index contributed by atoms with van der Waals surface area (Å²) in [4.78, 5) is 19.3. The summed E-state index contributed by atoms with van der Waals surface area (Å²) >= 11 is 3.36. The number of hydrogen-bond donors (Lipinski definition) is 1. The van der Waals surface area contributed by atoms with E-state index in [4.69, 9.17) is 11.2 Å². The van der Waals surface area contributed by atoms with Gasteiger partial charge in [-0.3, -0.25) is 0 Å². The molecule has 0 unspecified atom stereocenters. The number of hydrogen-bond acceptors (Lipinski definition) is 3. The van der Waals surface area contributed by atoms with Crippen LogP contribution in [0.2, 0.25) is 0 Å². The van der Waals surface area contributed by atoms with Crippen molar-refractivity contribution in [3.05, 3.63) is 52.3 Å². The molecule has 0 saturated heterocycles. The Bertz CT molecular complexity index is 943. The van der Waals surface area contributed by atoms with Gasteiger partial charge in [0, 0.05) is 4.47 Å². The van der Waals surface area contributed by atoms with Crippen LogP contribution in [0.25, 0.3) is 22.4 Å². The summed E-state index contributed by atoms with van der Waals surface area (Å²) in [6.45, 7) is -0.0993. The average molecular weight is 373 g/mol. The quantitative estimate of drug-likeness (QED) is 0.559. The van der Waals surface area contributed by atoms with Crippen molar-refractivity contribution in [1.29, 1.82) is 0 Å². The Morgan fingerprint density at radius 3 is 2.91 bits per heavy atom. The summed E-state index contributed by atoms with van der Waals surface area (Å²) < 4.78 is 19.4. The minimum Gasteiger partial charge on any atom is -0.449 e. The first-order valence-corrected chi connectivity index (χ1v) is 7.44. The topological polar surface area (TPSA) is 55.0 Å². The van der Waals surface area contributed by atoms with Gasteiger partial charge in [-0.05, 0) is 40.2 Å². The van der Waals surface area contributed by atoms with E-state index in [-0.39, 0.29) is 12.4 Å². The van der Waals surface area contributed by atoms with Crippen LogP contribution in [0.1, 0.15) is 10.4 Å². The molecule has 3 aromatic rings. The number of benzene rings is 2. The molecule has 114 valence electrons. The van der Waals surface area contributed by atoms with Crippen molar-refractivity contribution >= 4 is 32.9 Å². The van der Waals surface area contributed by atoms with E-state index in [1.165, 1.54) is 6.07 Å². The lowest BCUT2D eigenvalue weighted by molar-refractivity contribution is 0.0557. The molecule has 23 heavy (non-hydrogen) atoms. The lowest BCUT2D eigenvalue weighted by Gasteiger charge is -2.02. The van der Waals surface area contributed by atoms with Gasteiger partial charge in [-0.15, -0.1) is 6.42 Å². The van der Waals surface area contributed by atoms with Crippen LogP contribution in [-0.4, -0.2) is 22.5 Å². The van der Waals surface area contributed by atoms with Crippen molar-refractivity contribution in [2.75, 3.05) is 6.61 Å². The second-order valence-corrected chi connectivity index (χ2v) is 5.55. The van der Waals surface area contributed by atoms with Crippen LogP contribution in [-0.2, 0) is 4.74 Å². The Labute approximate surface area is 139 Å². The Morgan fingerprint density at radius 1 is 1.39 bits per heavy atom. The van der Waals surface area contributed by atoms with E-state index in [0.29, 0.717) is 32.5 Å². The van der Waals surface area contributed by atoms with Gasteiger partial charge in [0.2, 0.25) is 0 Å². The number of nitrogens with one attached hydrogen (secondary N) is 1. The minimum atomic E-state index is -0.535. The monoisotopic (exact) mass is 372 g/mol. The number of carbonyl (C=O) groups excluding carboxylic acids is 1. The maximum absolute atomic E-state index is 13.9. The van der Waals surface area contributed by atoms with Crippen LogP contribution >= 0.6 is 15.9 Å². The van der Waals surface area contributed by atoms with Gasteiger partial charge in [0.1, 0.15) is 17.2 Å². The zero-order valence-electron chi connectivity index (χ0n) is 11.8. The molecule has 0 aliphatic carbocycles. The highest BCUT2D eigenvalue weighted by molar-refractivity contribution is 9.10. The maximum Gasteiger partial charge on any atom is 0.339 e. The van der Waals surface area contributed by atoms with E-state index in [2.05, 4.69) is 31.8 Å². The summed E-state index contributed by atoms with van der Waals surface area (Å²) in [6, 6.07) is 9.51. The van der Waals surface area contributed by atoms with Crippen molar-refractivity contribution < 1.29 is 13.9 Å². The molecule has 0 radical (unpaired) electrons. The van der Waals surface area contributed by atoms with Crippen molar-refractivity contribution in [1.82, 2.24) is 9.97 Å². The van der Waals surface area contributed by atoms with E-state index >= 15 is 0 Å². The molecular formula is C17H10BrFN2O2. The highest BCUT2D eigenvalue weighted by Crippen LogP contribution is 2.28. The SMILES string of the molecule is C#CCOC(=O)c1cc(Br)c2nc(-c3ccccc3F)[nH]c2c1. The summed E-state index contributed by atoms with van der Waals surface area (Å²) in [6.07, 6.45) is 5.07. The number of aromatic amines is 1. The van der Waals surface area contributed by atoms with Crippen LogP contribution in [0.5, 0.6) is 0 Å². The van der Waals surface area contributed by atoms with Crippen LogP contribution in [0.15, 0.2) is 40.9 Å². The molecule has 0 amide bonds. The fourth-order valence-corrected chi connectivity index (χ4v) is 2.71. The molecule has 0 atom stereocenters. The molecule has 0 saturated carbocycles. The first-order valence-electron chi connectivity index (χ1n) is 6.65. The number of aromatic nitrogens is 2. The van der Waals surface area contributed by atoms with Gasteiger partial charge < -0.3 is 9.72 Å². The van der Waals surface area contributed by atoms with Crippen molar-refractivity contribution in [3.63, 3.8) is 0 Å². The molecule has 3 rings (SSSR count). The second kappa shape index (κ2) is 6.23.